The van der Waals surface area contributed by atoms with Gasteiger partial charge in [-0.25, -0.2) is 0 Å². The van der Waals surface area contributed by atoms with Crippen molar-refractivity contribution >= 4 is 16.8 Å². The number of hydrogen-bond donors (Lipinski definition) is 1. The second kappa shape index (κ2) is 7.27. The number of rotatable bonds is 7. The van der Waals surface area contributed by atoms with Gasteiger partial charge in [0, 0.05) is 31.0 Å². The minimum absolute atomic E-state index is 0.0927. The van der Waals surface area contributed by atoms with Crippen LogP contribution >= 0.6 is 0 Å². The second-order valence-corrected chi connectivity index (χ2v) is 5.37. The molecule has 0 aliphatic heterocycles. The first-order valence-electron chi connectivity index (χ1n) is 7.89. The first-order valence-corrected chi connectivity index (χ1v) is 7.89. The Labute approximate surface area is 139 Å². The summed E-state index contributed by atoms with van der Waals surface area (Å²) in [6.45, 7) is 3.09. The number of benzene rings is 1. The van der Waals surface area contributed by atoms with Gasteiger partial charge in [0.2, 0.25) is 11.8 Å². The number of methoxy groups -OCH3 is 1. The number of aryl methyl sites for hydroxylation is 1. The van der Waals surface area contributed by atoms with E-state index in [1.165, 1.54) is 0 Å². The van der Waals surface area contributed by atoms with E-state index in [0.717, 1.165) is 16.6 Å². The molecule has 2 heterocycles. The lowest BCUT2D eigenvalue weighted by molar-refractivity contribution is -0.121. The molecule has 3 aromatic rings. The van der Waals surface area contributed by atoms with Crippen LogP contribution in [0.15, 0.2) is 34.7 Å². The molecule has 7 heteroatoms. The lowest BCUT2D eigenvalue weighted by Crippen LogP contribution is -2.30. The number of ether oxygens (including phenoxy) is 1. The highest BCUT2D eigenvalue weighted by Gasteiger charge is 2.17. The van der Waals surface area contributed by atoms with Crippen molar-refractivity contribution in [3.63, 3.8) is 0 Å². The Bertz CT molecular complexity index is 837. The van der Waals surface area contributed by atoms with Crippen molar-refractivity contribution in [2.75, 3.05) is 20.3 Å². The van der Waals surface area contributed by atoms with Crippen molar-refractivity contribution in [3.8, 4) is 11.6 Å². The average molecular weight is 328 g/mol. The minimum Gasteiger partial charge on any atom is -0.419 e. The predicted molar refractivity (Wildman–Crippen MR) is 89.5 cm³/mol. The molecule has 0 bridgehead atoms. The van der Waals surface area contributed by atoms with Gasteiger partial charge in [-0.2, -0.15) is 0 Å². The zero-order chi connectivity index (χ0) is 16.9. The summed E-state index contributed by atoms with van der Waals surface area (Å²) in [4.78, 5) is 12.2. The van der Waals surface area contributed by atoms with Gasteiger partial charge in [0.25, 0.3) is 5.89 Å². The van der Waals surface area contributed by atoms with Crippen LogP contribution in [0, 0.1) is 0 Å². The minimum atomic E-state index is -0.0927. The van der Waals surface area contributed by atoms with Gasteiger partial charge in [0.05, 0.1) is 6.61 Å². The van der Waals surface area contributed by atoms with E-state index in [-0.39, 0.29) is 12.5 Å². The molecule has 1 N–H and O–H groups in total. The summed E-state index contributed by atoms with van der Waals surface area (Å²) in [7, 11) is 1.60. The SMILES string of the molecule is CCc1nnc(-c2cc3ccccc3n2CC(=O)NCCOC)o1. The van der Waals surface area contributed by atoms with Crippen LogP contribution in [0.25, 0.3) is 22.5 Å². The number of fused-ring (bicyclic) bond motifs is 1. The van der Waals surface area contributed by atoms with E-state index < -0.39 is 0 Å². The normalized spacial score (nSPS) is 11.1. The van der Waals surface area contributed by atoms with Crippen LogP contribution in [0.1, 0.15) is 12.8 Å². The molecule has 0 spiro atoms. The quantitative estimate of drug-likeness (QED) is 0.671. The molecule has 0 aliphatic carbocycles. The molecule has 7 nitrogen and oxygen atoms in total. The Morgan fingerprint density at radius 2 is 2.17 bits per heavy atom. The van der Waals surface area contributed by atoms with Crippen molar-refractivity contribution in [2.45, 2.75) is 19.9 Å². The maximum Gasteiger partial charge on any atom is 0.264 e. The Kier molecular flexibility index (Phi) is 4.90. The maximum absolute atomic E-state index is 12.2. The standard InChI is InChI=1S/C17H20N4O3/c1-3-16-19-20-17(24-16)14-10-12-6-4-5-7-13(12)21(14)11-15(22)18-8-9-23-2/h4-7,10H,3,8-9,11H2,1-2H3,(H,18,22). The highest BCUT2D eigenvalue weighted by atomic mass is 16.5. The van der Waals surface area contributed by atoms with Crippen LogP contribution in [0.3, 0.4) is 0 Å². The summed E-state index contributed by atoms with van der Waals surface area (Å²) >= 11 is 0. The second-order valence-electron chi connectivity index (χ2n) is 5.37. The molecular weight excluding hydrogens is 308 g/mol. The van der Waals surface area contributed by atoms with Crippen LogP contribution < -0.4 is 5.32 Å². The number of aromatic nitrogens is 3. The molecule has 0 saturated carbocycles. The third-order valence-electron chi connectivity index (χ3n) is 3.73. The lowest BCUT2D eigenvalue weighted by Gasteiger charge is -2.09. The van der Waals surface area contributed by atoms with Crippen molar-refractivity contribution in [3.05, 3.63) is 36.2 Å². The predicted octanol–water partition coefficient (Wildman–Crippen LogP) is 2.02. The summed E-state index contributed by atoms with van der Waals surface area (Å²) in [6.07, 6.45) is 0.671. The fourth-order valence-electron chi connectivity index (χ4n) is 2.55. The Balaban J connectivity index is 1.94. The molecule has 0 radical (unpaired) electrons. The van der Waals surface area contributed by atoms with Gasteiger partial charge in [0.15, 0.2) is 0 Å². The Hall–Kier alpha value is -2.67. The largest absolute Gasteiger partial charge is 0.419 e. The number of hydrogen-bond acceptors (Lipinski definition) is 5. The van der Waals surface area contributed by atoms with Crippen LogP contribution in [0.5, 0.6) is 0 Å². The highest BCUT2D eigenvalue weighted by molar-refractivity contribution is 5.88. The molecule has 1 aromatic carbocycles. The van der Waals surface area contributed by atoms with Crippen LogP contribution in [-0.2, 0) is 22.5 Å². The van der Waals surface area contributed by atoms with E-state index in [1.54, 1.807) is 7.11 Å². The Morgan fingerprint density at radius 3 is 2.92 bits per heavy atom. The first kappa shape index (κ1) is 16.2. The number of carbonyl (C=O) groups is 1. The summed E-state index contributed by atoms with van der Waals surface area (Å²) in [5, 5.41) is 12.0. The highest BCUT2D eigenvalue weighted by Crippen LogP contribution is 2.27. The Morgan fingerprint density at radius 1 is 1.33 bits per heavy atom. The number of para-hydroxylation sites is 1. The van der Waals surface area contributed by atoms with Crippen molar-refractivity contribution in [1.82, 2.24) is 20.1 Å². The number of nitrogens with zero attached hydrogens (tertiary/aromatic N) is 3. The van der Waals surface area contributed by atoms with Crippen LogP contribution in [0.2, 0.25) is 0 Å². The van der Waals surface area contributed by atoms with Crippen LogP contribution in [-0.4, -0.2) is 40.9 Å². The monoisotopic (exact) mass is 328 g/mol. The molecular formula is C17H20N4O3. The van der Waals surface area contributed by atoms with Crippen molar-refractivity contribution < 1.29 is 13.9 Å². The summed E-state index contributed by atoms with van der Waals surface area (Å²) in [5.74, 6) is 0.906. The van der Waals surface area contributed by atoms with E-state index in [9.17, 15) is 4.79 Å². The van der Waals surface area contributed by atoms with Crippen molar-refractivity contribution in [2.24, 2.45) is 0 Å². The average Bonchev–Trinajstić information content (AvgIpc) is 3.20. The van der Waals surface area contributed by atoms with Gasteiger partial charge < -0.3 is 19.0 Å². The molecule has 0 unspecified atom stereocenters. The molecule has 0 aliphatic rings. The third-order valence-corrected chi connectivity index (χ3v) is 3.73. The third kappa shape index (κ3) is 3.30. The molecule has 24 heavy (non-hydrogen) atoms. The summed E-state index contributed by atoms with van der Waals surface area (Å²) < 4.78 is 12.5. The molecule has 0 saturated heterocycles. The van der Waals surface area contributed by atoms with Crippen LogP contribution in [0.4, 0.5) is 0 Å². The zero-order valence-electron chi connectivity index (χ0n) is 13.8. The smallest absolute Gasteiger partial charge is 0.264 e. The van der Waals surface area contributed by atoms with Gasteiger partial charge in [-0.3, -0.25) is 4.79 Å². The van der Waals surface area contributed by atoms with Gasteiger partial charge in [-0.05, 0) is 12.1 Å². The van der Waals surface area contributed by atoms with E-state index in [1.807, 2.05) is 41.8 Å². The topological polar surface area (TPSA) is 82.2 Å². The first-order chi connectivity index (χ1) is 11.7. The van der Waals surface area contributed by atoms with Gasteiger partial charge in [0.1, 0.15) is 12.2 Å². The van der Waals surface area contributed by atoms with E-state index in [0.29, 0.717) is 31.4 Å². The molecule has 126 valence electrons. The fraction of sp³-hybridized carbons (Fsp3) is 0.353. The van der Waals surface area contributed by atoms with E-state index >= 15 is 0 Å². The lowest BCUT2D eigenvalue weighted by atomic mass is 10.2. The number of carbonyl (C=O) groups excluding carboxylic acids is 1. The summed E-state index contributed by atoms with van der Waals surface area (Å²) in [5.41, 5.74) is 1.69. The van der Waals surface area contributed by atoms with E-state index in [2.05, 4.69) is 15.5 Å². The molecule has 1 amide bonds. The molecule has 0 fully saturated rings. The van der Waals surface area contributed by atoms with Crippen molar-refractivity contribution in [1.29, 1.82) is 0 Å². The van der Waals surface area contributed by atoms with Gasteiger partial charge >= 0.3 is 0 Å². The van der Waals surface area contributed by atoms with Gasteiger partial charge in [-0.15, -0.1) is 10.2 Å². The maximum atomic E-state index is 12.2. The molecule has 0 atom stereocenters. The number of nitrogens with one attached hydrogen (secondary N) is 1. The molecule has 3 rings (SSSR count). The molecule has 2 aromatic heterocycles. The van der Waals surface area contributed by atoms with Gasteiger partial charge in [-0.1, -0.05) is 25.1 Å². The number of amides is 1. The zero-order valence-corrected chi connectivity index (χ0v) is 13.8. The van der Waals surface area contributed by atoms with E-state index in [4.69, 9.17) is 9.15 Å². The summed E-state index contributed by atoms with van der Waals surface area (Å²) in [6, 6.07) is 9.83. The fourth-order valence-corrected chi connectivity index (χ4v) is 2.55.